The zero-order chi connectivity index (χ0) is 11.2. The third-order valence-electron chi connectivity index (χ3n) is 2.14. The van der Waals surface area contributed by atoms with Gasteiger partial charge in [-0.05, 0) is 41.0 Å². The number of aromatic nitrogens is 3. The van der Waals surface area contributed by atoms with E-state index >= 15 is 0 Å². The lowest BCUT2D eigenvalue weighted by Crippen LogP contribution is -2.16. The van der Waals surface area contributed by atoms with Crippen molar-refractivity contribution < 1.29 is 0 Å². The summed E-state index contributed by atoms with van der Waals surface area (Å²) < 4.78 is 3.04. The first-order valence-corrected chi connectivity index (χ1v) is 6.74. The lowest BCUT2D eigenvalue weighted by molar-refractivity contribution is 0.531. The highest BCUT2D eigenvalue weighted by molar-refractivity contribution is 9.11. The Morgan fingerprint density at radius 3 is 3.06 bits per heavy atom. The first kappa shape index (κ1) is 11.8. The topological polar surface area (TPSA) is 42.7 Å². The van der Waals surface area contributed by atoms with E-state index in [0.29, 0.717) is 0 Å². The van der Waals surface area contributed by atoms with Crippen LogP contribution in [-0.4, -0.2) is 21.5 Å². The smallest absolute Gasteiger partial charge is 0.0701 e. The van der Waals surface area contributed by atoms with E-state index in [-0.39, 0.29) is 0 Å². The van der Waals surface area contributed by atoms with Crippen molar-refractivity contribution in [3.8, 4) is 0 Å². The maximum absolute atomic E-state index is 3.91. The second kappa shape index (κ2) is 6.12. The van der Waals surface area contributed by atoms with Crippen LogP contribution in [0, 0.1) is 0 Å². The van der Waals surface area contributed by atoms with Gasteiger partial charge in [-0.1, -0.05) is 5.21 Å². The molecule has 0 amide bonds. The van der Waals surface area contributed by atoms with Crippen molar-refractivity contribution >= 4 is 27.3 Å². The molecule has 0 unspecified atom stereocenters. The predicted molar refractivity (Wildman–Crippen MR) is 68.4 cm³/mol. The van der Waals surface area contributed by atoms with E-state index in [1.165, 1.54) is 8.66 Å². The number of aryl methyl sites for hydroxylation is 1. The highest BCUT2D eigenvalue weighted by atomic mass is 79.9. The van der Waals surface area contributed by atoms with E-state index in [4.69, 9.17) is 0 Å². The Morgan fingerprint density at radius 2 is 2.38 bits per heavy atom. The molecule has 2 aromatic heterocycles. The van der Waals surface area contributed by atoms with Gasteiger partial charge in [-0.2, -0.15) is 0 Å². The fraction of sp³-hybridized carbons (Fsp3) is 0.400. The normalized spacial score (nSPS) is 10.8. The molecule has 6 heteroatoms. The van der Waals surface area contributed by atoms with Gasteiger partial charge in [-0.3, -0.25) is 4.68 Å². The Bertz CT molecular complexity index is 412. The van der Waals surface area contributed by atoms with E-state index < -0.39 is 0 Å². The summed E-state index contributed by atoms with van der Waals surface area (Å²) in [5.74, 6) is 0. The van der Waals surface area contributed by atoms with Gasteiger partial charge >= 0.3 is 0 Å². The second-order valence-corrected chi connectivity index (χ2v) is 5.95. The molecule has 0 fully saturated rings. The molecule has 0 bridgehead atoms. The molecule has 0 saturated heterocycles. The summed E-state index contributed by atoms with van der Waals surface area (Å²) in [7, 11) is 0. The molecular formula is C10H13BrN4S. The van der Waals surface area contributed by atoms with Gasteiger partial charge in [0.2, 0.25) is 0 Å². The van der Waals surface area contributed by atoms with Gasteiger partial charge in [0.15, 0.2) is 0 Å². The maximum atomic E-state index is 3.91. The summed E-state index contributed by atoms with van der Waals surface area (Å²) in [4.78, 5) is 1.35. The van der Waals surface area contributed by atoms with Crippen LogP contribution in [0.1, 0.15) is 11.3 Å². The third kappa shape index (κ3) is 3.70. The Balaban J connectivity index is 1.59. The molecule has 1 N–H and O–H groups in total. The molecule has 0 aliphatic rings. The van der Waals surface area contributed by atoms with Crippen molar-refractivity contribution in [2.75, 3.05) is 6.54 Å². The van der Waals surface area contributed by atoms with Crippen molar-refractivity contribution in [2.45, 2.75) is 19.5 Å². The van der Waals surface area contributed by atoms with Gasteiger partial charge in [0.25, 0.3) is 0 Å². The quantitative estimate of drug-likeness (QED) is 0.832. The molecule has 0 aromatic carbocycles. The van der Waals surface area contributed by atoms with Gasteiger partial charge < -0.3 is 5.32 Å². The zero-order valence-corrected chi connectivity index (χ0v) is 11.2. The fourth-order valence-electron chi connectivity index (χ4n) is 1.38. The number of halogens is 1. The minimum Gasteiger partial charge on any atom is -0.312 e. The number of hydrogen-bond acceptors (Lipinski definition) is 4. The Morgan fingerprint density at radius 1 is 1.44 bits per heavy atom. The SMILES string of the molecule is Brc1ccc(CNCCCn2ccnn2)s1. The van der Waals surface area contributed by atoms with Crippen LogP contribution < -0.4 is 5.32 Å². The molecule has 0 spiro atoms. The molecule has 16 heavy (non-hydrogen) atoms. The Hall–Kier alpha value is -0.720. The summed E-state index contributed by atoms with van der Waals surface area (Å²) in [5.41, 5.74) is 0. The lowest BCUT2D eigenvalue weighted by Gasteiger charge is -2.02. The highest BCUT2D eigenvalue weighted by Crippen LogP contribution is 2.21. The first-order valence-electron chi connectivity index (χ1n) is 5.13. The number of nitrogens with one attached hydrogen (secondary N) is 1. The number of rotatable bonds is 6. The van der Waals surface area contributed by atoms with Gasteiger partial charge in [-0.25, -0.2) is 0 Å². The molecule has 86 valence electrons. The van der Waals surface area contributed by atoms with Crippen molar-refractivity contribution in [3.05, 3.63) is 33.2 Å². The average Bonchev–Trinajstić information content (AvgIpc) is 2.89. The van der Waals surface area contributed by atoms with Gasteiger partial charge in [0.1, 0.15) is 0 Å². The molecular weight excluding hydrogens is 288 g/mol. The van der Waals surface area contributed by atoms with E-state index in [9.17, 15) is 0 Å². The molecule has 0 aliphatic heterocycles. The summed E-state index contributed by atoms with van der Waals surface area (Å²) in [6, 6.07) is 4.22. The Kier molecular flexibility index (Phi) is 4.50. The van der Waals surface area contributed by atoms with Crippen LogP contribution in [0.15, 0.2) is 28.3 Å². The molecule has 0 saturated carbocycles. The van der Waals surface area contributed by atoms with Gasteiger partial charge in [-0.15, -0.1) is 16.4 Å². The van der Waals surface area contributed by atoms with Crippen molar-refractivity contribution in [3.63, 3.8) is 0 Å². The largest absolute Gasteiger partial charge is 0.312 e. The first-order chi connectivity index (χ1) is 7.84. The molecule has 4 nitrogen and oxygen atoms in total. The maximum Gasteiger partial charge on any atom is 0.0701 e. The van der Waals surface area contributed by atoms with Gasteiger partial charge in [0.05, 0.1) is 9.98 Å². The summed E-state index contributed by atoms with van der Waals surface area (Å²) in [6.07, 6.45) is 4.66. The average molecular weight is 301 g/mol. The van der Waals surface area contributed by atoms with Crippen LogP contribution in [0.4, 0.5) is 0 Å². The fourth-order valence-corrected chi connectivity index (χ4v) is 2.83. The second-order valence-electron chi connectivity index (χ2n) is 3.40. The van der Waals surface area contributed by atoms with Crippen LogP contribution in [0.2, 0.25) is 0 Å². The highest BCUT2D eigenvalue weighted by Gasteiger charge is 1.97. The van der Waals surface area contributed by atoms with Crippen molar-refractivity contribution in [1.82, 2.24) is 20.3 Å². The molecule has 2 rings (SSSR count). The van der Waals surface area contributed by atoms with Crippen LogP contribution in [0.5, 0.6) is 0 Å². The zero-order valence-electron chi connectivity index (χ0n) is 8.77. The Labute approximate surface area is 107 Å². The lowest BCUT2D eigenvalue weighted by atomic mass is 10.4. The molecule has 0 atom stereocenters. The number of hydrogen-bond donors (Lipinski definition) is 1. The summed E-state index contributed by atoms with van der Waals surface area (Å²) in [5, 5.41) is 11.1. The monoisotopic (exact) mass is 300 g/mol. The van der Waals surface area contributed by atoms with Crippen LogP contribution >= 0.6 is 27.3 Å². The third-order valence-corrected chi connectivity index (χ3v) is 3.76. The summed E-state index contributed by atoms with van der Waals surface area (Å²) >= 11 is 5.22. The molecule has 0 radical (unpaired) electrons. The minimum absolute atomic E-state index is 0.918. The van der Waals surface area contributed by atoms with E-state index in [1.54, 1.807) is 17.5 Å². The predicted octanol–water partition coefficient (Wildman–Crippen LogP) is 2.28. The van der Waals surface area contributed by atoms with Gasteiger partial charge in [0, 0.05) is 24.2 Å². The van der Waals surface area contributed by atoms with Crippen LogP contribution in [0.25, 0.3) is 0 Å². The van der Waals surface area contributed by atoms with Crippen LogP contribution in [0.3, 0.4) is 0 Å². The minimum atomic E-state index is 0.918. The van der Waals surface area contributed by atoms with Crippen molar-refractivity contribution in [1.29, 1.82) is 0 Å². The number of nitrogens with zero attached hydrogens (tertiary/aromatic N) is 3. The van der Waals surface area contributed by atoms with E-state index in [1.807, 2.05) is 10.9 Å². The molecule has 0 aliphatic carbocycles. The standard InChI is InChI=1S/C10H13BrN4S/c11-10-3-2-9(16-10)8-12-4-1-6-15-7-5-13-14-15/h2-3,5,7,12H,1,4,6,8H2. The van der Waals surface area contributed by atoms with E-state index in [0.717, 1.165) is 26.1 Å². The molecule has 2 heterocycles. The van der Waals surface area contributed by atoms with Crippen molar-refractivity contribution in [2.24, 2.45) is 0 Å². The van der Waals surface area contributed by atoms with E-state index in [2.05, 4.69) is 43.7 Å². The number of thiophene rings is 1. The molecule has 2 aromatic rings. The summed E-state index contributed by atoms with van der Waals surface area (Å²) in [6.45, 7) is 2.85. The van der Waals surface area contributed by atoms with Crippen LogP contribution in [-0.2, 0) is 13.1 Å².